The maximum atomic E-state index is 12.2. The maximum Gasteiger partial charge on any atom is 0.329 e. The van der Waals surface area contributed by atoms with E-state index in [9.17, 15) is 14.7 Å². The van der Waals surface area contributed by atoms with E-state index in [0.29, 0.717) is 18.5 Å². The summed E-state index contributed by atoms with van der Waals surface area (Å²) in [7, 11) is 0. The van der Waals surface area contributed by atoms with Crippen molar-refractivity contribution in [2.24, 2.45) is 0 Å². The number of nitrogens with zero attached hydrogens (tertiary/aromatic N) is 1. The Bertz CT molecular complexity index is 465. The fraction of sp³-hybridized carbons (Fsp3) is 0.571. The van der Waals surface area contributed by atoms with Crippen molar-refractivity contribution in [1.29, 1.82) is 0 Å². The molecule has 0 aromatic carbocycles. The van der Waals surface area contributed by atoms with Gasteiger partial charge < -0.3 is 15.0 Å². The van der Waals surface area contributed by atoms with Crippen LogP contribution in [0, 0.1) is 0 Å². The molecule has 0 saturated heterocycles. The van der Waals surface area contributed by atoms with E-state index < -0.39 is 11.5 Å². The average molecular weight is 266 g/mol. The molecule has 0 aliphatic carbocycles. The van der Waals surface area contributed by atoms with Gasteiger partial charge in [-0.15, -0.1) is 0 Å². The van der Waals surface area contributed by atoms with Crippen LogP contribution in [0.15, 0.2) is 18.3 Å². The van der Waals surface area contributed by atoms with Crippen molar-refractivity contribution in [1.82, 2.24) is 9.88 Å². The van der Waals surface area contributed by atoms with Crippen LogP contribution in [0.3, 0.4) is 0 Å². The number of aromatic nitrogens is 1. The van der Waals surface area contributed by atoms with Crippen LogP contribution in [0.4, 0.5) is 0 Å². The van der Waals surface area contributed by atoms with E-state index >= 15 is 0 Å². The van der Waals surface area contributed by atoms with Gasteiger partial charge in [-0.3, -0.25) is 4.79 Å². The van der Waals surface area contributed by atoms with Gasteiger partial charge in [0.2, 0.25) is 0 Å². The van der Waals surface area contributed by atoms with E-state index in [0.717, 1.165) is 0 Å². The Balaban J connectivity index is 2.94. The van der Waals surface area contributed by atoms with Crippen molar-refractivity contribution < 1.29 is 14.7 Å². The fourth-order valence-corrected chi connectivity index (χ4v) is 2.07. The zero-order chi connectivity index (χ0) is 14.6. The summed E-state index contributed by atoms with van der Waals surface area (Å²) in [6.07, 6.45) is 2.91. The van der Waals surface area contributed by atoms with Crippen molar-refractivity contribution in [2.75, 3.05) is 0 Å². The number of hydrogen-bond donors (Lipinski definition) is 2. The van der Waals surface area contributed by atoms with E-state index in [1.807, 2.05) is 31.5 Å². The lowest BCUT2D eigenvalue weighted by Crippen LogP contribution is -2.52. The first-order valence-electron chi connectivity index (χ1n) is 6.54. The summed E-state index contributed by atoms with van der Waals surface area (Å²) in [5.41, 5.74) is -0.739. The number of carboxylic acids is 1. The molecule has 5 nitrogen and oxygen atoms in total. The quantitative estimate of drug-likeness (QED) is 0.830. The van der Waals surface area contributed by atoms with Crippen molar-refractivity contribution >= 4 is 11.9 Å². The molecule has 1 atom stereocenters. The highest BCUT2D eigenvalue weighted by molar-refractivity contribution is 5.96. The molecular formula is C14H22N2O3. The lowest BCUT2D eigenvalue weighted by Gasteiger charge is -2.26. The molecule has 1 aromatic rings. The zero-order valence-corrected chi connectivity index (χ0v) is 11.9. The summed E-state index contributed by atoms with van der Waals surface area (Å²) in [4.78, 5) is 23.5. The molecule has 0 bridgehead atoms. The molecule has 2 N–H and O–H groups in total. The number of carbonyl (C=O) groups excluding carboxylic acids is 1. The number of carbonyl (C=O) groups is 2. The number of rotatable bonds is 6. The third kappa shape index (κ3) is 3.36. The van der Waals surface area contributed by atoms with Crippen LogP contribution in [0.1, 0.15) is 57.1 Å². The van der Waals surface area contributed by atoms with Gasteiger partial charge in [-0.2, -0.15) is 0 Å². The first kappa shape index (κ1) is 15.3. The van der Waals surface area contributed by atoms with E-state index in [1.165, 1.54) is 0 Å². The number of nitrogens with one attached hydrogen (secondary N) is 1. The molecule has 1 amide bonds. The highest BCUT2D eigenvalue weighted by atomic mass is 16.4. The molecule has 0 aliphatic rings. The fourth-order valence-electron chi connectivity index (χ4n) is 2.07. The van der Waals surface area contributed by atoms with E-state index in [-0.39, 0.29) is 11.9 Å². The molecule has 0 aliphatic heterocycles. The lowest BCUT2D eigenvalue weighted by molar-refractivity contribution is -0.144. The molecule has 1 aromatic heterocycles. The molecule has 0 saturated carbocycles. The van der Waals surface area contributed by atoms with Crippen LogP contribution in [0.5, 0.6) is 0 Å². The second-order valence-corrected chi connectivity index (χ2v) is 5.24. The summed E-state index contributed by atoms with van der Waals surface area (Å²) < 4.78 is 1.82. The van der Waals surface area contributed by atoms with Crippen LogP contribution in [-0.2, 0) is 4.79 Å². The van der Waals surface area contributed by atoms with Crippen LogP contribution >= 0.6 is 0 Å². The summed E-state index contributed by atoms with van der Waals surface area (Å²) in [6.45, 7) is 7.38. The minimum atomic E-state index is -1.22. The van der Waals surface area contributed by atoms with Gasteiger partial charge in [-0.05, 0) is 39.3 Å². The maximum absolute atomic E-state index is 12.2. The molecule has 0 radical (unpaired) electrons. The molecule has 1 rings (SSSR count). The SMILES string of the molecule is CCCC(C)(NC(=O)c1cccn1C(C)C)C(=O)O. The van der Waals surface area contributed by atoms with Crippen LogP contribution in [0.2, 0.25) is 0 Å². The Hall–Kier alpha value is -1.78. The van der Waals surface area contributed by atoms with Crippen LogP contribution < -0.4 is 5.32 Å². The van der Waals surface area contributed by atoms with Gasteiger partial charge in [-0.25, -0.2) is 4.79 Å². The third-order valence-corrected chi connectivity index (χ3v) is 3.18. The van der Waals surface area contributed by atoms with Gasteiger partial charge in [0.15, 0.2) is 0 Å². The first-order valence-corrected chi connectivity index (χ1v) is 6.54. The third-order valence-electron chi connectivity index (χ3n) is 3.18. The second-order valence-electron chi connectivity index (χ2n) is 5.24. The Morgan fingerprint density at radius 3 is 2.58 bits per heavy atom. The Morgan fingerprint density at radius 2 is 2.11 bits per heavy atom. The zero-order valence-electron chi connectivity index (χ0n) is 11.9. The summed E-state index contributed by atoms with van der Waals surface area (Å²) >= 11 is 0. The Labute approximate surface area is 113 Å². The van der Waals surface area contributed by atoms with E-state index in [4.69, 9.17) is 0 Å². The van der Waals surface area contributed by atoms with Crippen LogP contribution in [-0.4, -0.2) is 27.1 Å². The molecule has 0 spiro atoms. The predicted octanol–water partition coefficient (Wildman–Crippen LogP) is 2.44. The Morgan fingerprint density at radius 1 is 1.47 bits per heavy atom. The normalized spacial score (nSPS) is 14.2. The molecule has 0 fully saturated rings. The number of amides is 1. The average Bonchev–Trinajstić information content (AvgIpc) is 2.77. The number of aliphatic carboxylic acids is 1. The molecule has 5 heteroatoms. The molecule has 106 valence electrons. The minimum Gasteiger partial charge on any atom is -0.480 e. The van der Waals surface area contributed by atoms with Crippen molar-refractivity contribution in [2.45, 2.75) is 52.1 Å². The van der Waals surface area contributed by atoms with E-state index in [2.05, 4.69) is 5.32 Å². The van der Waals surface area contributed by atoms with Gasteiger partial charge in [0.05, 0.1) is 0 Å². The van der Waals surface area contributed by atoms with Gasteiger partial charge in [0, 0.05) is 12.2 Å². The van der Waals surface area contributed by atoms with Crippen molar-refractivity contribution in [3.63, 3.8) is 0 Å². The molecule has 19 heavy (non-hydrogen) atoms. The second kappa shape index (κ2) is 5.91. The lowest BCUT2D eigenvalue weighted by atomic mass is 9.96. The minimum absolute atomic E-state index is 0.151. The first-order chi connectivity index (χ1) is 8.81. The smallest absolute Gasteiger partial charge is 0.329 e. The van der Waals surface area contributed by atoms with Crippen molar-refractivity contribution in [3.05, 3.63) is 24.0 Å². The topological polar surface area (TPSA) is 71.3 Å². The van der Waals surface area contributed by atoms with E-state index in [1.54, 1.807) is 19.1 Å². The van der Waals surface area contributed by atoms with Crippen LogP contribution in [0.25, 0.3) is 0 Å². The van der Waals surface area contributed by atoms with Gasteiger partial charge in [0.25, 0.3) is 5.91 Å². The molecular weight excluding hydrogens is 244 g/mol. The monoisotopic (exact) mass is 266 g/mol. The summed E-state index contributed by atoms with van der Waals surface area (Å²) in [5, 5.41) is 11.9. The highest BCUT2D eigenvalue weighted by Gasteiger charge is 2.34. The van der Waals surface area contributed by atoms with Gasteiger partial charge in [-0.1, -0.05) is 13.3 Å². The molecule has 1 unspecified atom stereocenters. The molecule has 1 heterocycles. The van der Waals surface area contributed by atoms with Crippen molar-refractivity contribution in [3.8, 4) is 0 Å². The highest BCUT2D eigenvalue weighted by Crippen LogP contribution is 2.16. The Kier molecular flexibility index (Phi) is 4.75. The predicted molar refractivity (Wildman–Crippen MR) is 73.2 cm³/mol. The number of carboxylic acid groups (broad SMARTS) is 1. The van der Waals surface area contributed by atoms with Gasteiger partial charge >= 0.3 is 5.97 Å². The number of hydrogen-bond acceptors (Lipinski definition) is 2. The largest absolute Gasteiger partial charge is 0.480 e. The van der Waals surface area contributed by atoms with Gasteiger partial charge in [0.1, 0.15) is 11.2 Å². The summed E-state index contributed by atoms with van der Waals surface area (Å²) in [5.74, 6) is -1.36. The standard InChI is InChI=1S/C14H22N2O3/c1-5-8-14(4,13(18)19)15-12(17)11-7-6-9-16(11)10(2)3/h6-7,9-10H,5,8H2,1-4H3,(H,15,17)(H,18,19). The summed E-state index contributed by atoms with van der Waals surface area (Å²) in [6, 6.07) is 3.63.